The molecular weight excluding hydrogens is 498 g/mol. The van der Waals surface area contributed by atoms with Gasteiger partial charge in [0.1, 0.15) is 23.4 Å². The van der Waals surface area contributed by atoms with Gasteiger partial charge in [-0.05, 0) is 24.3 Å². The molecule has 0 aliphatic carbocycles. The summed E-state index contributed by atoms with van der Waals surface area (Å²) < 4.78 is 38.9. The molecule has 11 nitrogen and oxygen atoms in total. The van der Waals surface area contributed by atoms with Gasteiger partial charge in [0.15, 0.2) is 17.3 Å². The molecule has 1 aromatic carbocycles. The summed E-state index contributed by atoms with van der Waals surface area (Å²) in [6.07, 6.45) is 0.426. The molecule has 3 aromatic heterocycles. The zero-order valence-corrected chi connectivity index (χ0v) is 20.2. The highest BCUT2D eigenvalue weighted by Gasteiger charge is 2.33. The van der Waals surface area contributed by atoms with Crippen LogP contribution in [0, 0.1) is 11.6 Å². The molecule has 2 aliphatic heterocycles. The van der Waals surface area contributed by atoms with Gasteiger partial charge in [0.05, 0.1) is 30.7 Å². The molecule has 0 unspecified atom stereocenters. The van der Waals surface area contributed by atoms with Crippen molar-refractivity contribution in [1.82, 2.24) is 19.3 Å². The summed E-state index contributed by atoms with van der Waals surface area (Å²) in [6.45, 7) is 1.14. The Labute approximate surface area is 215 Å². The van der Waals surface area contributed by atoms with Crippen molar-refractivity contribution >= 4 is 40.1 Å². The lowest BCUT2D eigenvalue weighted by Gasteiger charge is -2.24. The fourth-order valence-corrected chi connectivity index (χ4v) is 4.89. The Morgan fingerprint density at radius 3 is 2.45 bits per heavy atom. The Morgan fingerprint density at radius 2 is 1.76 bits per heavy atom. The fourth-order valence-electron chi connectivity index (χ4n) is 4.89. The molecule has 196 valence electrons. The van der Waals surface area contributed by atoms with Crippen LogP contribution in [-0.4, -0.2) is 57.7 Å². The van der Waals surface area contributed by atoms with Gasteiger partial charge in [0.25, 0.3) is 5.56 Å². The van der Waals surface area contributed by atoms with E-state index >= 15 is 8.78 Å². The Morgan fingerprint density at radius 1 is 1.00 bits per heavy atom. The molecule has 1 fully saturated rings. The number of carbonyl (C=O) groups excluding carboxylic acids is 1. The van der Waals surface area contributed by atoms with Crippen LogP contribution in [0.3, 0.4) is 0 Å². The van der Waals surface area contributed by atoms with Crippen molar-refractivity contribution < 1.29 is 18.3 Å². The van der Waals surface area contributed by atoms with Crippen LogP contribution in [0.15, 0.2) is 53.5 Å². The van der Waals surface area contributed by atoms with Crippen LogP contribution in [0.5, 0.6) is 0 Å². The van der Waals surface area contributed by atoms with Crippen LogP contribution >= 0.6 is 0 Å². The number of hydrogen-bond donors (Lipinski definition) is 2. The molecule has 1 amide bonds. The lowest BCUT2D eigenvalue weighted by molar-refractivity contribution is 0.145. The first-order valence-corrected chi connectivity index (χ1v) is 12.1. The number of nitrogens with two attached hydrogens (primary N) is 1. The summed E-state index contributed by atoms with van der Waals surface area (Å²) in [5, 5.41) is 3.57. The lowest BCUT2D eigenvalue weighted by atomic mass is 10.2. The van der Waals surface area contributed by atoms with E-state index in [1.807, 2.05) is 6.07 Å². The fraction of sp³-hybridized carbons (Fsp3) is 0.280. The van der Waals surface area contributed by atoms with Crippen molar-refractivity contribution in [3.05, 3.63) is 70.6 Å². The van der Waals surface area contributed by atoms with Crippen molar-refractivity contribution in [2.75, 3.05) is 41.3 Å². The molecule has 0 saturated carbocycles. The van der Waals surface area contributed by atoms with E-state index in [4.69, 9.17) is 10.5 Å². The first kappa shape index (κ1) is 23.9. The summed E-state index contributed by atoms with van der Waals surface area (Å²) in [5.74, 6) is -0.498. The van der Waals surface area contributed by atoms with E-state index in [1.165, 1.54) is 0 Å². The molecule has 38 heavy (non-hydrogen) atoms. The number of amides is 1. The number of anilines is 4. The number of nitrogens with one attached hydrogen (secondary N) is 1. The largest absolute Gasteiger partial charge is 0.443 e. The minimum atomic E-state index is -0.812. The average Bonchev–Trinajstić information content (AvgIpc) is 3.31. The number of cyclic esters (lactones) is 1. The summed E-state index contributed by atoms with van der Waals surface area (Å²) in [6, 6.07) is 11.1. The van der Waals surface area contributed by atoms with Gasteiger partial charge in [-0.1, -0.05) is 6.07 Å². The Bertz CT molecular complexity index is 1570. The maximum Gasteiger partial charge on any atom is 0.414 e. The Balaban J connectivity index is 1.27. The second kappa shape index (κ2) is 9.41. The number of rotatable bonds is 5. The molecule has 0 spiro atoms. The van der Waals surface area contributed by atoms with Gasteiger partial charge >= 0.3 is 6.09 Å². The van der Waals surface area contributed by atoms with Gasteiger partial charge in [-0.15, -0.1) is 0 Å². The molecule has 0 bridgehead atoms. The van der Waals surface area contributed by atoms with Crippen molar-refractivity contribution in [2.45, 2.75) is 19.2 Å². The molecule has 1 atom stereocenters. The van der Waals surface area contributed by atoms with E-state index in [0.29, 0.717) is 22.7 Å². The summed E-state index contributed by atoms with van der Waals surface area (Å²) in [7, 11) is 0. The van der Waals surface area contributed by atoms with Crippen molar-refractivity contribution in [3.8, 4) is 0 Å². The predicted octanol–water partition coefficient (Wildman–Crippen LogP) is 2.42. The Kier molecular flexibility index (Phi) is 5.91. The third-order valence-corrected chi connectivity index (χ3v) is 6.73. The summed E-state index contributed by atoms with van der Waals surface area (Å²) >= 11 is 0. The normalized spacial score (nSPS) is 17.4. The van der Waals surface area contributed by atoms with Crippen LogP contribution in [0.1, 0.15) is 0 Å². The summed E-state index contributed by atoms with van der Waals surface area (Å²) in [4.78, 5) is 36.8. The van der Waals surface area contributed by atoms with Crippen LogP contribution in [0.25, 0.3) is 11.0 Å². The molecule has 4 aromatic rings. The number of nitrogens with zero attached hydrogens (tertiary/aromatic N) is 6. The van der Waals surface area contributed by atoms with Crippen molar-refractivity contribution in [1.29, 1.82) is 0 Å². The smallest absolute Gasteiger partial charge is 0.414 e. The maximum atomic E-state index is 15.2. The Hall–Kier alpha value is -4.52. The SMILES string of the molecule is NC[C@H]1CN(c2cc(F)c(N3CCn4c(=O)c5ccc(Nc6ccccn6)nc5n4CC3)c(F)c2)C(=O)O1. The third kappa shape index (κ3) is 4.10. The van der Waals surface area contributed by atoms with E-state index in [-0.39, 0.29) is 56.2 Å². The molecule has 0 radical (unpaired) electrons. The second-order valence-corrected chi connectivity index (χ2v) is 9.06. The lowest BCUT2D eigenvalue weighted by Crippen LogP contribution is -2.30. The number of ether oxygens (including phenoxy) is 1. The number of pyridine rings is 2. The van der Waals surface area contributed by atoms with Crippen LogP contribution in [0.4, 0.5) is 36.6 Å². The van der Waals surface area contributed by atoms with E-state index in [0.717, 1.165) is 17.0 Å². The number of carbonyl (C=O) groups is 1. The van der Waals surface area contributed by atoms with Gasteiger partial charge < -0.3 is 20.7 Å². The molecule has 6 rings (SSSR count). The third-order valence-electron chi connectivity index (χ3n) is 6.73. The van der Waals surface area contributed by atoms with Crippen molar-refractivity contribution in [3.63, 3.8) is 0 Å². The van der Waals surface area contributed by atoms with Gasteiger partial charge in [0, 0.05) is 38.0 Å². The first-order chi connectivity index (χ1) is 18.4. The minimum Gasteiger partial charge on any atom is -0.443 e. The highest BCUT2D eigenvalue weighted by Crippen LogP contribution is 2.31. The van der Waals surface area contributed by atoms with Gasteiger partial charge in [0.2, 0.25) is 0 Å². The minimum absolute atomic E-state index is 0.0603. The van der Waals surface area contributed by atoms with E-state index < -0.39 is 23.8 Å². The molecular formula is C25H24F2N8O3. The number of benzene rings is 1. The predicted molar refractivity (Wildman–Crippen MR) is 137 cm³/mol. The number of hydrogen-bond acceptors (Lipinski definition) is 8. The zero-order chi connectivity index (χ0) is 26.4. The van der Waals surface area contributed by atoms with Gasteiger partial charge in [-0.25, -0.2) is 28.2 Å². The molecule has 2 aliphatic rings. The van der Waals surface area contributed by atoms with E-state index in [9.17, 15) is 9.59 Å². The average molecular weight is 523 g/mol. The molecule has 5 heterocycles. The number of fused-ring (bicyclic) bond motifs is 3. The quantitative estimate of drug-likeness (QED) is 0.410. The zero-order valence-electron chi connectivity index (χ0n) is 20.2. The van der Waals surface area contributed by atoms with E-state index in [1.54, 1.807) is 44.7 Å². The van der Waals surface area contributed by atoms with Gasteiger partial charge in [-0.3, -0.25) is 14.4 Å². The van der Waals surface area contributed by atoms with Gasteiger partial charge in [-0.2, -0.15) is 0 Å². The standard InChI is InChI=1S/C25H24F2N8O3/c26-18-11-15(33-14-16(13-28)38-25(33)37)12-19(27)22(18)32-7-9-34-23-17(24(36)35(34)10-8-32)4-5-21(31-23)30-20-3-1-2-6-29-20/h1-6,11-12,16H,7-10,13-14,28H2,(H,29,30,31)/t16-/m0/s1. The van der Waals surface area contributed by atoms with Crippen LogP contribution in [-0.2, 0) is 17.8 Å². The second-order valence-electron chi connectivity index (χ2n) is 9.06. The molecule has 13 heteroatoms. The topological polar surface area (TPSA) is 124 Å². The first-order valence-electron chi connectivity index (χ1n) is 12.1. The van der Waals surface area contributed by atoms with Crippen molar-refractivity contribution in [2.24, 2.45) is 5.73 Å². The number of aromatic nitrogens is 4. The maximum absolute atomic E-state index is 15.2. The highest BCUT2D eigenvalue weighted by atomic mass is 19.1. The summed E-state index contributed by atoms with van der Waals surface area (Å²) in [5.41, 5.74) is 5.64. The van der Waals surface area contributed by atoms with E-state index in [2.05, 4.69) is 15.3 Å². The van der Waals surface area contributed by atoms with Crippen LogP contribution in [0.2, 0.25) is 0 Å². The molecule has 3 N–H and O–H groups in total. The molecule has 1 saturated heterocycles. The number of halogens is 2. The monoisotopic (exact) mass is 522 g/mol. The highest BCUT2D eigenvalue weighted by molar-refractivity contribution is 5.90. The van der Waals surface area contributed by atoms with Crippen LogP contribution < -0.4 is 26.4 Å².